The minimum Gasteiger partial charge on any atom is -0.393 e. The Hall–Kier alpha value is -0.610. The Morgan fingerprint density at radius 1 is 1.41 bits per heavy atom. The molecule has 0 radical (unpaired) electrons. The second kappa shape index (κ2) is 4.58. The molecule has 0 spiro atoms. The minimum absolute atomic E-state index is 0.0779. The zero-order valence-corrected chi connectivity index (χ0v) is 10.9. The first kappa shape index (κ1) is 12.8. The van der Waals surface area contributed by atoms with E-state index in [1.807, 2.05) is 13.8 Å². The number of amidine groups is 1. The molecule has 4 heteroatoms. The molecule has 0 bridgehead atoms. The number of aliphatic hydroxyl groups excluding tert-OH is 1. The van der Waals surface area contributed by atoms with E-state index in [2.05, 4.69) is 4.90 Å². The van der Waals surface area contributed by atoms with Crippen LogP contribution in [0.2, 0.25) is 0 Å². The van der Waals surface area contributed by atoms with E-state index in [9.17, 15) is 5.11 Å². The molecule has 0 aromatic heterocycles. The number of rotatable bonds is 4. The third-order valence-corrected chi connectivity index (χ3v) is 4.68. The Morgan fingerprint density at radius 2 is 2.12 bits per heavy atom. The summed E-state index contributed by atoms with van der Waals surface area (Å²) in [7, 11) is 0. The fourth-order valence-electron chi connectivity index (χ4n) is 3.08. The lowest BCUT2D eigenvalue weighted by molar-refractivity contribution is 0.123. The molecule has 0 aromatic carbocycles. The number of fused-ring (bicyclic) bond motifs is 1. The summed E-state index contributed by atoms with van der Waals surface area (Å²) in [5, 5.41) is 17.4. The molecule has 3 unspecified atom stereocenters. The van der Waals surface area contributed by atoms with Crippen LogP contribution in [-0.2, 0) is 0 Å². The Bertz CT molecular complexity index is 303. The van der Waals surface area contributed by atoms with Crippen molar-refractivity contribution in [1.82, 2.24) is 4.90 Å². The quantitative estimate of drug-likeness (QED) is 0.507. The Labute approximate surface area is 104 Å². The topological polar surface area (TPSA) is 73.3 Å². The largest absolute Gasteiger partial charge is 0.393 e. The standard InChI is InChI=1S/C13H25N3O/c1-13(2,12(14)15)5-6-16-7-9-3-4-11(17)10(9)8-16/h9-11,17H,3-8H2,1-2H3,(H3,14,15). The van der Waals surface area contributed by atoms with Crippen molar-refractivity contribution in [2.75, 3.05) is 19.6 Å². The highest BCUT2D eigenvalue weighted by molar-refractivity contribution is 5.82. The van der Waals surface area contributed by atoms with Gasteiger partial charge in [0.2, 0.25) is 0 Å². The van der Waals surface area contributed by atoms with Crippen LogP contribution >= 0.6 is 0 Å². The maximum atomic E-state index is 9.85. The molecular formula is C13H25N3O. The van der Waals surface area contributed by atoms with Gasteiger partial charge in [-0.1, -0.05) is 13.8 Å². The van der Waals surface area contributed by atoms with Gasteiger partial charge in [0.05, 0.1) is 11.9 Å². The lowest BCUT2D eigenvalue weighted by Gasteiger charge is -2.26. The van der Waals surface area contributed by atoms with Gasteiger partial charge < -0.3 is 15.7 Å². The molecule has 4 nitrogen and oxygen atoms in total. The molecule has 1 aliphatic carbocycles. The number of nitrogens with zero attached hydrogens (tertiary/aromatic N) is 1. The summed E-state index contributed by atoms with van der Waals surface area (Å²) in [4.78, 5) is 2.43. The van der Waals surface area contributed by atoms with Crippen LogP contribution in [0, 0.1) is 22.7 Å². The molecule has 2 rings (SSSR count). The van der Waals surface area contributed by atoms with Crippen LogP contribution in [0.4, 0.5) is 0 Å². The summed E-state index contributed by atoms with van der Waals surface area (Å²) >= 11 is 0. The predicted octanol–water partition coefficient (Wildman–Crippen LogP) is 1.04. The van der Waals surface area contributed by atoms with E-state index < -0.39 is 0 Å². The second-order valence-electron chi connectivity index (χ2n) is 6.38. The van der Waals surface area contributed by atoms with Gasteiger partial charge in [-0.2, -0.15) is 0 Å². The normalized spacial score (nSPS) is 33.9. The molecule has 98 valence electrons. The summed E-state index contributed by atoms with van der Waals surface area (Å²) in [6.45, 7) is 7.20. The SMILES string of the molecule is CC(C)(CCN1CC2CCC(O)C2C1)C(=N)N. The van der Waals surface area contributed by atoms with Gasteiger partial charge >= 0.3 is 0 Å². The third kappa shape index (κ3) is 2.63. The first-order valence-corrected chi connectivity index (χ1v) is 6.65. The molecule has 0 amide bonds. The zero-order valence-electron chi connectivity index (χ0n) is 10.9. The van der Waals surface area contributed by atoms with Gasteiger partial charge in [-0.3, -0.25) is 5.41 Å². The molecule has 17 heavy (non-hydrogen) atoms. The van der Waals surface area contributed by atoms with Gasteiger partial charge in [-0.15, -0.1) is 0 Å². The fraction of sp³-hybridized carbons (Fsp3) is 0.923. The second-order valence-corrected chi connectivity index (χ2v) is 6.38. The molecule has 3 atom stereocenters. The van der Waals surface area contributed by atoms with Crippen molar-refractivity contribution in [1.29, 1.82) is 5.41 Å². The summed E-state index contributed by atoms with van der Waals surface area (Å²) < 4.78 is 0. The molecule has 1 heterocycles. The average Bonchev–Trinajstić information content (AvgIpc) is 2.78. The number of nitrogens with one attached hydrogen (secondary N) is 1. The number of hydrogen-bond acceptors (Lipinski definition) is 3. The van der Waals surface area contributed by atoms with Crippen LogP contribution in [0.5, 0.6) is 0 Å². The average molecular weight is 239 g/mol. The van der Waals surface area contributed by atoms with E-state index in [-0.39, 0.29) is 17.4 Å². The summed E-state index contributed by atoms with van der Waals surface area (Å²) in [6.07, 6.45) is 3.02. The van der Waals surface area contributed by atoms with E-state index >= 15 is 0 Å². The lowest BCUT2D eigenvalue weighted by atomic mass is 9.88. The van der Waals surface area contributed by atoms with Crippen LogP contribution in [0.1, 0.15) is 33.1 Å². The van der Waals surface area contributed by atoms with E-state index in [4.69, 9.17) is 11.1 Å². The third-order valence-electron chi connectivity index (χ3n) is 4.68. The first-order chi connectivity index (χ1) is 7.90. The fourth-order valence-corrected chi connectivity index (χ4v) is 3.08. The first-order valence-electron chi connectivity index (χ1n) is 6.65. The van der Waals surface area contributed by atoms with Gasteiger partial charge in [0.1, 0.15) is 0 Å². The summed E-state index contributed by atoms with van der Waals surface area (Å²) in [6, 6.07) is 0. The highest BCUT2D eigenvalue weighted by atomic mass is 16.3. The number of nitrogens with two attached hydrogens (primary N) is 1. The number of aliphatic hydroxyl groups is 1. The molecule has 1 saturated carbocycles. The molecule has 0 aromatic rings. The van der Waals surface area contributed by atoms with Crippen molar-refractivity contribution < 1.29 is 5.11 Å². The zero-order chi connectivity index (χ0) is 12.6. The van der Waals surface area contributed by atoms with Crippen LogP contribution in [0.25, 0.3) is 0 Å². The monoisotopic (exact) mass is 239 g/mol. The molecule has 1 saturated heterocycles. The number of likely N-dealkylation sites (tertiary alicyclic amines) is 1. The predicted molar refractivity (Wildman–Crippen MR) is 69.0 cm³/mol. The maximum Gasteiger partial charge on any atom is 0.0963 e. The van der Waals surface area contributed by atoms with E-state index in [0.717, 1.165) is 32.5 Å². The van der Waals surface area contributed by atoms with Crippen molar-refractivity contribution in [3.63, 3.8) is 0 Å². The lowest BCUT2D eigenvalue weighted by Crippen LogP contribution is -2.35. The summed E-state index contributed by atoms with van der Waals surface area (Å²) in [5.41, 5.74) is 5.40. The number of hydrogen-bond donors (Lipinski definition) is 3. The van der Waals surface area contributed by atoms with E-state index in [1.54, 1.807) is 0 Å². The maximum absolute atomic E-state index is 9.85. The Balaban J connectivity index is 1.81. The molecular weight excluding hydrogens is 214 g/mol. The van der Waals surface area contributed by atoms with E-state index in [1.165, 1.54) is 6.42 Å². The highest BCUT2D eigenvalue weighted by Gasteiger charge is 2.41. The van der Waals surface area contributed by atoms with Crippen LogP contribution in [0.3, 0.4) is 0 Å². The van der Waals surface area contributed by atoms with Crippen LogP contribution < -0.4 is 5.73 Å². The van der Waals surface area contributed by atoms with Crippen molar-refractivity contribution in [3.8, 4) is 0 Å². The molecule has 2 fully saturated rings. The molecule has 1 aliphatic heterocycles. The smallest absolute Gasteiger partial charge is 0.0963 e. The van der Waals surface area contributed by atoms with Crippen molar-refractivity contribution in [2.45, 2.75) is 39.2 Å². The Morgan fingerprint density at radius 3 is 2.71 bits per heavy atom. The molecule has 2 aliphatic rings. The molecule has 4 N–H and O–H groups in total. The van der Waals surface area contributed by atoms with Gasteiger partial charge in [0, 0.05) is 24.4 Å². The summed E-state index contributed by atoms with van der Waals surface area (Å²) in [5.74, 6) is 1.47. The van der Waals surface area contributed by atoms with Crippen molar-refractivity contribution >= 4 is 5.84 Å². The Kier molecular flexibility index (Phi) is 3.46. The van der Waals surface area contributed by atoms with Crippen molar-refractivity contribution in [3.05, 3.63) is 0 Å². The van der Waals surface area contributed by atoms with Gasteiger partial charge in [0.25, 0.3) is 0 Å². The van der Waals surface area contributed by atoms with Gasteiger partial charge in [-0.25, -0.2) is 0 Å². The van der Waals surface area contributed by atoms with Crippen molar-refractivity contribution in [2.24, 2.45) is 23.0 Å². The minimum atomic E-state index is -0.198. The van der Waals surface area contributed by atoms with Crippen LogP contribution in [-0.4, -0.2) is 41.6 Å². The van der Waals surface area contributed by atoms with Gasteiger partial charge in [-0.05, 0) is 31.7 Å². The van der Waals surface area contributed by atoms with E-state index in [0.29, 0.717) is 11.8 Å². The van der Waals surface area contributed by atoms with Crippen LogP contribution in [0.15, 0.2) is 0 Å². The highest BCUT2D eigenvalue weighted by Crippen LogP contribution is 2.38. The van der Waals surface area contributed by atoms with Gasteiger partial charge in [0.15, 0.2) is 0 Å².